The van der Waals surface area contributed by atoms with E-state index in [0.717, 1.165) is 10.5 Å². The molecule has 38 heavy (non-hydrogen) atoms. The third-order valence-corrected chi connectivity index (χ3v) is 6.82. The van der Waals surface area contributed by atoms with Gasteiger partial charge in [0.05, 0.1) is 23.7 Å². The Morgan fingerprint density at radius 3 is 2.61 bits per heavy atom. The van der Waals surface area contributed by atoms with Gasteiger partial charge in [-0.05, 0) is 73.3 Å². The van der Waals surface area contributed by atoms with Crippen LogP contribution in [0.4, 0.5) is 17.1 Å². The number of methoxy groups -OCH3 is 1. The quantitative estimate of drug-likeness (QED) is 0.131. The molecule has 0 aliphatic carbocycles. The van der Waals surface area contributed by atoms with Crippen LogP contribution in [0.1, 0.15) is 15.9 Å². The van der Waals surface area contributed by atoms with Gasteiger partial charge in [-0.2, -0.15) is 0 Å². The standard InChI is InChI=1S/C27H24N6O4S/c1-14-10-21(22(37-3)13-23(14)38-28-2)32-33-24-17-7-5-4-6-15(17)11-18(25(24)34)26(35)29-16-8-9-19-20(12-16)31-27(36)30-19/h4-13,28,34H,1-3H3,(H,29,35)(H2,30,31,36). The average molecular weight is 529 g/mol. The van der Waals surface area contributed by atoms with Crippen LogP contribution in [0.5, 0.6) is 11.5 Å². The molecule has 1 aromatic heterocycles. The molecule has 1 amide bonds. The number of hydrogen-bond acceptors (Lipinski definition) is 8. The number of phenolic OH excluding ortho intramolecular Hbond substituents is 1. The molecule has 0 aliphatic rings. The van der Waals surface area contributed by atoms with Gasteiger partial charge in [-0.3, -0.25) is 9.52 Å². The molecule has 0 spiro atoms. The molecule has 11 heteroatoms. The summed E-state index contributed by atoms with van der Waals surface area (Å²) in [4.78, 5) is 31.1. The molecular formula is C27H24N6O4S. The minimum Gasteiger partial charge on any atom is -0.505 e. The molecule has 0 bridgehead atoms. The van der Waals surface area contributed by atoms with Gasteiger partial charge in [-0.1, -0.05) is 24.3 Å². The maximum absolute atomic E-state index is 13.2. The molecule has 0 saturated carbocycles. The van der Waals surface area contributed by atoms with Crippen molar-refractivity contribution in [3.05, 3.63) is 82.3 Å². The Morgan fingerprint density at radius 2 is 1.82 bits per heavy atom. The van der Waals surface area contributed by atoms with E-state index in [0.29, 0.717) is 38.9 Å². The van der Waals surface area contributed by atoms with Gasteiger partial charge in [-0.15, -0.1) is 10.2 Å². The summed E-state index contributed by atoms with van der Waals surface area (Å²) in [6.45, 7) is 1.95. The number of nitrogens with zero attached hydrogens (tertiary/aromatic N) is 2. The molecular weight excluding hydrogens is 504 g/mol. The van der Waals surface area contributed by atoms with Crippen molar-refractivity contribution >= 4 is 56.7 Å². The van der Waals surface area contributed by atoms with Gasteiger partial charge in [0.15, 0.2) is 5.75 Å². The summed E-state index contributed by atoms with van der Waals surface area (Å²) in [7, 11) is 3.39. The predicted molar refractivity (Wildman–Crippen MR) is 149 cm³/mol. The first-order valence-electron chi connectivity index (χ1n) is 11.6. The number of H-pyrrole nitrogens is 2. The molecule has 0 fully saturated rings. The van der Waals surface area contributed by atoms with Gasteiger partial charge >= 0.3 is 5.69 Å². The Labute approximate surface area is 221 Å². The summed E-state index contributed by atoms with van der Waals surface area (Å²) < 4.78 is 8.55. The van der Waals surface area contributed by atoms with Crippen molar-refractivity contribution in [3.63, 3.8) is 0 Å². The van der Waals surface area contributed by atoms with Crippen molar-refractivity contribution in [3.8, 4) is 11.5 Å². The highest BCUT2D eigenvalue weighted by Gasteiger charge is 2.19. The van der Waals surface area contributed by atoms with Crippen LogP contribution in [0.3, 0.4) is 0 Å². The number of aromatic amines is 2. The number of carbonyl (C=O) groups is 1. The second kappa shape index (κ2) is 10.4. The number of imidazole rings is 1. The van der Waals surface area contributed by atoms with Crippen LogP contribution in [0.15, 0.2) is 80.6 Å². The Balaban J connectivity index is 1.54. The molecule has 0 atom stereocenters. The molecule has 5 rings (SSSR count). The highest BCUT2D eigenvalue weighted by Crippen LogP contribution is 2.41. The van der Waals surface area contributed by atoms with E-state index in [4.69, 9.17) is 4.74 Å². The van der Waals surface area contributed by atoms with Crippen LogP contribution in [0.25, 0.3) is 21.8 Å². The number of fused-ring (bicyclic) bond motifs is 2. The van der Waals surface area contributed by atoms with Crippen molar-refractivity contribution in [2.75, 3.05) is 19.5 Å². The van der Waals surface area contributed by atoms with E-state index in [1.807, 2.05) is 44.3 Å². The fourth-order valence-electron chi connectivity index (χ4n) is 4.12. The number of rotatable bonds is 7. The number of phenols is 1. The van der Waals surface area contributed by atoms with Crippen molar-refractivity contribution in [2.45, 2.75) is 11.8 Å². The molecule has 192 valence electrons. The third-order valence-electron chi connectivity index (χ3n) is 5.96. The Morgan fingerprint density at radius 1 is 1.03 bits per heavy atom. The van der Waals surface area contributed by atoms with Gasteiger partial charge < -0.3 is 25.1 Å². The van der Waals surface area contributed by atoms with E-state index in [-0.39, 0.29) is 22.7 Å². The number of hydrogen-bond donors (Lipinski definition) is 5. The monoisotopic (exact) mass is 528 g/mol. The lowest BCUT2D eigenvalue weighted by Gasteiger charge is -2.12. The summed E-state index contributed by atoms with van der Waals surface area (Å²) >= 11 is 1.46. The molecule has 10 nitrogen and oxygen atoms in total. The van der Waals surface area contributed by atoms with Crippen LogP contribution in [0.2, 0.25) is 0 Å². The van der Waals surface area contributed by atoms with Crippen molar-refractivity contribution < 1.29 is 14.6 Å². The summed E-state index contributed by atoms with van der Waals surface area (Å²) in [6.07, 6.45) is 0. The van der Waals surface area contributed by atoms with E-state index in [1.165, 1.54) is 11.9 Å². The SMILES string of the molecule is CNSc1cc(OC)c(N=Nc2c(O)c(C(=O)Nc3ccc4[nH]c(=O)[nH]c4c3)cc3ccccc23)cc1C. The summed E-state index contributed by atoms with van der Waals surface area (Å²) in [5.74, 6) is -0.323. The zero-order valence-corrected chi connectivity index (χ0v) is 21.6. The molecule has 1 heterocycles. The fourth-order valence-corrected chi connectivity index (χ4v) is 4.73. The van der Waals surface area contributed by atoms with Gasteiger partial charge in [0.25, 0.3) is 5.91 Å². The lowest BCUT2D eigenvalue weighted by atomic mass is 10.0. The zero-order valence-electron chi connectivity index (χ0n) is 20.7. The van der Waals surface area contributed by atoms with E-state index < -0.39 is 5.91 Å². The minimum absolute atomic E-state index is 0.0317. The fraction of sp³-hybridized carbons (Fsp3) is 0.111. The molecule has 5 N–H and O–H groups in total. The minimum atomic E-state index is -0.538. The number of amides is 1. The summed E-state index contributed by atoms with van der Waals surface area (Å²) in [6, 6.07) is 17.6. The molecule has 5 aromatic rings. The smallest absolute Gasteiger partial charge is 0.323 e. The van der Waals surface area contributed by atoms with E-state index in [9.17, 15) is 14.7 Å². The van der Waals surface area contributed by atoms with Gasteiger partial charge in [-0.25, -0.2) is 4.79 Å². The van der Waals surface area contributed by atoms with Gasteiger partial charge in [0, 0.05) is 16.0 Å². The number of aryl methyl sites for hydroxylation is 1. The lowest BCUT2D eigenvalue weighted by molar-refractivity contribution is 0.102. The maximum atomic E-state index is 13.2. The number of nitrogens with one attached hydrogen (secondary N) is 4. The van der Waals surface area contributed by atoms with Crippen LogP contribution in [-0.2, 0) is 0 Å². The molecule has 0 unspecified atom stereocenters. The Hall–Kier alpha value is -4.61. The highest BCUT2D eigenvalue weighted by molar-refractivity contribution is 7.97. The van der Waals surface area contributed by atoms with Crippen molar-refractivity contribution in [1.29, 1.82) is 0 Å². The lowest BCUT2D eigenvalue weighted by Crippen LogP contribution is -2.12. The topological polar surface area (TPSA) is 144 Å². The molecule has 4 aromatic carbocycles. The number of ether oxygens (including phenoxy) is 1. The normalized spacial score (nSPS) is 11.4. The van der Waals surface area contributed by atoms with Crippen LogP contribution >= 0.6 is 11.9 Å². The second-order valence-corrected chi connectivity index (χ2v) is 9.48. The van der Waals surface area contributed by atoms with E-state index in [2.05, 4.69) is 30.2 Å². The van der Waals surface area contributed by atoms with Crippen molar-refractivity contribution in [1.82, 2.24) is 14.7 Å². The largest absolute Gasteiger partial charge is 0.505 e. The Bertz CT molecular complexity index is 1780. The van der Waals surface area contributed by atoms with E-state index in [1.54, 1.807) is 37.4 Å². The summed E-state index contributed by atoms with van der Waals surface area (Å²) in [5, 5.41) is 24.0. The third kappa shape index (κ3) is 4.84. The van der Waals surface area contributed by atoms with Crippen molar-refractivity contribution in [2.24, 2.45) is 10.2 Å². The maximum Gasteiger partial charge on any atom is 0.323 e. The first-order chi connectivity index (χ1) is 18.4. The number of aromatic hydroxyl groups is 1. The van der Waals surface area contributed by atoms with Crippen LogP contribution in [0, 0.1) is 6.92 Å². The van der Waals surface area contributed by atoms with E-state index >= 15 is 0 Å². The number of carbonyl (C=O) groups excluding carboxylic acids is 1. The Kier molecular flexibility index (Phi) is 6.86. The number of benzene rings is 4. The molecule has 0 saturated heterocycles. The van der Waals surface area contributed by atoms with Gasteiger partial charge in [0.1, 0.15) is 17.1 Å². The van der Waals surface area contributed by atoms with Gasteiger partial charge in [0.2, 0.25) is 0 Å². The number of azo groups is 1. The first-order valence-corrected chi connectivity index (χ1v) is 12.4. The van der Waals surface area contributed by atoms with Crippen LogP contribution in [-0.4, -0.2) is 35.1 Å². The highest BCUT2D eigenvalue weighted by atomic mass is 32.2. The van der Waals surface area contributed by atoms with Crippen LogP contribution < -0.4 is 20.5 Å². The second-order valence-electron chi connectivity index (χ2n) is 8.43. The number of anilines is 1. The summed E-state index contributed by atoms with van der Waals surface area (Å²) in [5.41, 5.74) is 2.93. The first kappa shape index (κ1) is 25.1. The predicted octanol–water partition coefficient (Wildman–Crippen LogP) is 5.93. The average Bonchev–Trinajstić information content (AvgIpc) is 3.28. The number of aromatic nitrogens is 2. The molecule has 0 radical (unpaired) electrons. The molecule has 0 aliphatic heterocycles. The zero-order chi connectivity index (χ0) is 26.8.